The van der Waals surface area contributed by atoms with E-state index in [9.17, 15) is 9.18 Å². The van der Waals surface area contributed by atoms with Gasteiger partial charge in [0.05, 0.1) is 19.9 Å². The average molecular weight is 423 g/mol. The van der Waals surface area contributed by atoms with Crippen molar-refractivity contribution in [3.63, 3.8) is 0 Å². The highest BCUT2D eigenvalue weighted by molar-refractivity contribution is 5.93. The number of aromatic amines is 1. The van der Waals surface area contributed by atoms with Crippen molar-refractivity contribution in [2.75, 3.05) is 27.3 Å². The highest BCUT2D eigenvalue weighted by Gasteiger charge is 2.25. The molecule has 0 radical (unpaired) electrons. The Labute approximate surface area is 181 Å². The van der Waals surface area contributed by atoms with Crippen LogP contribution in [-0.4, -0.2) is 48.3 Å². The van der Waals surface area contributed by atoms with Gasteiger partial charge < -0.3 is 14.4 Å². The minimum atomic E-state index is -0.247. The van der Waals surface area contributed by atoms with E-state index in [4.69, 9.17) is 9.47 Å². The summed E-state index contributed by atoms with van der Waals surface area (Å²) in [6.45, 7) is 1.29. The molecule has 0 saturated carbocycles. The molecule has 7 heteroatoms. The van der Waals surface area contributed by atoms with E-state index >= 15 is 0 Å². The lowest BCUT2D eigenvalue weighted by atomic mass is 9.94. The van der Waals surface area contributed by atoms with E-state index < -0.39 is 0 Å². The van der Waals surface area contributed by atoms with Gasteiger partial charge in [0, 0.05) is 24.6 Å². The van der Waals surface area contributed by atoms with Crippen molar-refractivity contribution in [2.24, 2.45) is 0 Å². The summed E-state index contributed by atoms with van der Waals surface area (Å²) in [7, 11) is 3.19. The number of ether oxygens (including phenoxy) is 2. The van der Waals surface area contributed by atoms with Crippen molar-refractivity contribution in [1.29, 1.82) is 0 Å². The molecule has 1 saturated heterocycles. The lowest BCUT2D eigenvalue weighted by molar-refractivity contribution is 0.0748. The molecule has 1 aliphatic rings. The highest BCUT2D eigenvalue weighted by Crippen LogP contribution is 2.33. The standard InChI is InChI=1S/C24H26FN3O3/c1-30-19-10-11-23(31-2)20(13-19)21-14-22(27-26-21)24(29)28-12-4-3-5-17(15-28)16-6-8-18(25)9-7-16/h6-11,13-14,17H,3-5,12,15H2,1-2H3,(H,26,27)/t17-/m1/s1. The Kier molecular flexibility index (Phi) is 6.21. The quantitative estimate of drug-likeness (QED) is 0.649. The monoisotopic (exact) mass is 423 g/mol. The van der Waals surface area contributed by atoms with Gasteiger partial charge >= 0.3 is 0 Å². The van der Waals surface area contributed by atoms with Crippen LogP contribution in [0.1, 0.15) is 41.2 Å². The third-order valence-electron chi connectivity index (χ3n) is 5.79. The van der Waals surface area contributed by atoms with E-state index in [0.717, 1.165) is 30.4 Å². The SMILES string of the molecule is COc1ccc(OC)c(-c2cc(C(=O)N3CCCC[C@@H](c4ccc(F)cc4)C3)[nH]n2)c1. The van der Waals surface area contributed by atoms with Crippen molar-refractivity contribution < 1.29 is 18.7 Å². The second-order valence-electron chi connectivity index (χ2n) is 7.73. The summed E-state index contributed by atoms with van der Waals surface area (Å²) in [5.41, 5.74) is 2.85. The molecule has 0 aliphatic carbocycles. The second kappa shape index (κ2) is 9.20. The van der Waals surface area contributed by atoms with Gasteiger partial charge in [0.25, 0.3) is 5.91 Å². The molecule has 1 fully saturated rings. The zero-order chi connectivity index (χ0) is 21.8. The Morgan fingerprint density at radius 1 is 1.10 bits per heavy atom. The van der Waals surface area contributed by atoms with Crippen LogP contribution in [0.5, 0.6) is 11.5 Å². The molecular formula is C24H26FN3O3. The smallest absolute Gasteiger partial charge is 0.271 e. The zero-order valence-corrected chi connectivity index (χ0v) is 17.7. The lowest BCUT2D eigenvalue weighted by Crippen LogP contribution is -2.34. The van der Waals surface area contributed by atoms with Crippen molar-refractivity contribution in [1.82, 2.24) is 15.1 Å². The van der Waals surface area contributed by atoms with Crippen LogP contribution in [0.2, 0.25) is 0 Å². The number of carbonyl (C=O) groups excluding carboxylic acids is 1. The zero-order valence-electron chi connectivity index (χ0n) is 17.7. The molecule has 0 spiro atoms. The van der Waals surface area contributed by atoms with Gasteiger partial charge in [0.1, 0.15) is 23.0 Å². The topological polar surface area (TPSA) is 67.5 Å². The third kappa shape index (κ3) is 4.55. The fraction of sp³-hybridized carbons (Fsp3) is 0.333. The van der Waals surface area contributed by atoms with E-state index in [1.165, 1.54) is 12.1 Å². The first-order valence-corrected chi connectivity index (χ1v) is 10.4. The minimum Gasteiger partial charge on any atom is -0.497 e. The number of nitrogens with zero attached hydrogens (tertiary/aromatic N) is 2. The number of hydrogen-bond donors (Lipinski definition) is 1. The van der Waals surface area contributed by atoms with E-state index in [1.54, 1.807) is 20.3 Å². The number of methoxy groups -OCH3 is 2. The molecule has 0 bridgehead atoms. The number of hydrogen-bond acceptors (Lipinski definition) is 4. The summed E-state index contributed by atoms with van der Waals surface area (Å²) < 4.78 is 24.1. The third-order valence-corrected chi connectivity index (χ3v) is 5.79. The molecule has 6 nitrogen and oxygen atoms in total. The van der Waals surface area contributed by atoms with E-state index in [1.807, 2.05) is 35.2 Å². The maximum atomic E-state index is 13.3. The molecule has 31 heavy (non-hydrogen) atoms. The number of amides is 1. The molecule has 0 unspecified atom stereocenters. The van der Waals surface area contributed by atoms with Gasteiger partial charge in [-0.2, -0.15) is 5.10 Å². The Bertz CT molecular complexity index is 1050. The van der Waals surface area contributed by atoms with E-state index in [2.05, 4.69) is 10.2 Å². The number of aromatic nitrogens is 2. The molecule has 1 atom stereocenters. The van der Waals surface area contributed by atoms with Crippen molar-refractivity contribution in [3.05, 3.63) is 65.6 Å². The van der Waals surface area contributed by atoms with Gasteiger partial charge in [0.2, 0.25) is 0 Å². The Morgan fingerprint density at radius 2 is 1.90 bits per heavy atom. The van der Waals surface area contributed by atoms with Crippen LogP contribution >= 0.6 is 0 Å². The van der Waals surface area contributed by atoms with Gasteiger partial charge in [-0.15, -0.1) is 0 Å². The number of H-pyrrole nitrogens is 1. The summed E-state index contributed by atoms with van der Waals surface area (Å²) in [5, 5.41) is 7.23. The number of halogens is 1. The van der Waals surface area contributed by atoms with E-state index in [0.29, 0.717) is 36.0 Å². The number of nitrogens with one attached hydrogen (secondary N) is 1. The van der Waals surface area contributed by atoms with Crippen molar-refractivity contribution in [3.8, 4) is 22.8 Å². The minimum absolute atomic E-state index is 0.0883. The number of carbonyl (C=O) groups is 1. The van der Waals surface area contributed by atoms with Crippen LogP contribution < -0.4 is 9.47 Å². The molecule has 2 heterocycles. The first kappa shape index (κ1) is 20.9. The van der Waals surface area contributed by atoms with Crippen LogP contribution in [-0.2, 0) is 0 Å². The lowest BCUT2D eigenvalue weighted by Gasteiger charge is -2.24. The first-order valence-electron chi connectivity index (χ1n) is 10.4. The fourth-order valence-electron chi connectivity index (χ4n) is 4.09. The number of likely N-dealkylation sites (tertiary alicyclic amines) is 1. The second-order valence-corrected chi connectivity index (χ2v) is 7.73. The predicted octanol–water partition coefficient (Wildman–Crippen LogP) is 4.64. The molecule has 1 N–H and O–H groups in total. The summed E-state index contributed by atoms with van der Waals surface area (Å²) in [5.74, 6) is 1.18. The maximum Gasteiger partial charge on any atom is 0.271 e. The number of benzene rings is 2. The fourth-order valence-corrected chi connectivity index (χ4v) is 4.09. The van der Waals surface area contributed by atoms with Crippen LogP contribution in [0.4, 0.5) is 4.39 Å². The van der Waals surface area contributed by atoms with Crippen molar-refractivity contribution >= 4 is 5.91 Å². The summed E-state index contributed by atoms with van der Waals surface area (Å²) in [6, 6.07) is 13.8. The normalized spacial score (nSPS) is 16.6. The molecule has 1 aliphatic heterocycles. The molecule has 1 amide bonds. The van der Waals surface area contributed by atoms with Crippen LogP contribution in [0.25, 0.3) is 11.3 Å². The van der Waals surface area contributed by atoms with Crippen LogP contribution in [0.3, 0.4) is 0 Å². The molecule has 162 valence electrons. The Morgan fingerprint density at radius 3 is 2.65 bits per heavy atom. The van der Waals surface area contributed by atoms with Gasteiger partial charge in [0.15, 0.2) is 0 Å². The highest BCUT2D eigenvalue weighted by atomic mass is 19.1. The summed E-state index contributed by atoms with van der Waals surface area (Å²) in [4.78, 5) is 15.1. The summed E-state index contributed by atoms with van der Waals surface area (Å²) in [6.07, 6.45) is 2.94. The van der Waals surface area contributed by atoms with Gasteiger partial charge in [-0.3, -0.25) is 9.89 Å². The average Bonchev–Trinajstić information content (AvgIpc) is 3.16. The van der Waals surface area contributed by atoms with Gasteiger partial charge in [-0.25, -0.2) is 4.39 Å². The first-order chi connectivity index (χ1) is 15.1. The molecule has 1 aromatic heterocycles. The molecular weight excluding hydrogens is 397 g/mol. The van der Waals surface area contributed by atoms with Gasteiger partial charge in [-0.1, -0.05) is 18.6 Å². The molecule has 2 aromatic carbocycles. The number of rotatable bonds is 5. The largest absolute Gasteiger partial charge is 0.497 e. The molecule has 4 rings (SSSR count). The van der Waals surface area contributed by atoms with Gasteiger partial charge in [-0.05, 0) is 54.8 Å². The summed E-state index contributed by atoms with van der Waals surface area (Å²) >= 11 is 0. The predicted molar refractivity (Wildman–Crippen MR) is 116 cm³/mol. The molecule has 3 aromatic rings. The Balaban J connectivity index is 1.56. The maximum absolute atomic E-state index is 13.3. The van der Waals surface area contributed by atoms with Crippen molar-refractivity contribution in [2.45, 2.75) is 25.2 Å². The Hall–Kier alpha value is -3.35. The van der Waals surface area contributed by atoms with E-state index in [-0.39, 0.29) is 17.6 Å². The van der Waals surface area contributed by atoms with Crippen LogP contribution in [0.15, 0.2) is 48.5 Å². The van der Waals surface area contributed by atoms with Crippen LogP contribution in [0, 0.1) is 5.82 Å².